The predicted molar refractivity (Wildman–Crippen MR) is 127 cm³/mol. The van der Waals surface area contributed by atoms with E-state index in [1.165, 1.54) is 29.2 Å². The van der Waals surface area contributed by atoms with Crippen molar-refractivity contribution >= 4 is 29.0 Å². The number of fused-ring (bicyclic) bond motifs is 1. The number of aromatic nitrogens is 5. The molecule has 5 rings (SSSR count). The minimum atomic E-state index is -0.686. The molecule has 1 aliphatic heterocycles. The summed E-state index contributed by atoms with van der Waals surface area (Å²) in [5, 5.41) is 10.2. The van der Waals surface area contributed by atoms with E-state index in [2.05, 4.69) is 30.7 Å². The van der Waals surface area contributed by atoms with Gasteiger partial charge in [-0.1, -0.05) is 13.8 Å². The highest BCUT2D eigenvalue weighted by Gasteiger charge is 2.41. The van der Waals surface area contributed by atoms with Gasteiger partial charge in [-0.25, -0.2) is 22.8 Å². The number of hydrogen-bond acceptors (Lipinski definition) is 7. The molecule has 0 aliphatic carbocycles. The summed E-state index contributed by atoms with van der Waals surface area (Å²) >= 11 is 0. The van der Waals surface area contributed by atoms with Gasteiger partial charge in [0.1, 0.15) is 41.1 Å². The van der Waals surface area contributed by atoms with Gasteiger partial charge in [0.2, 0.25) is 5.95 Å². The van der Waals surface area contributed by atoms with E-state index in [0.717, 1.165) is 11.6 Å². The van der Waals surface area contributed by atoms with Crippen LogP contribution >= 0.6 is 0 Å². The molecule has 0 spiro atoms. The fourth-order valence-corrected chi connectivity index (χ4v) is 4.31. The number of nitrogens with zero attached hydrogens (tertiary/aromatic N) is 6. The Hall–Kier alpha value is -4.15. The number of rotatable bonds is 5. The van der Waals surface area contributed by atoms with Crippen LogP contribution in [-0.4, -0.2) is 38.3 Å². The molecule has 0 atom stereocenters. The quantitative estimate of drug-likeness (QED) is 0.416. The highest BCUT2D eigenvalue weighted by Crippen LogP contribution is 2.47. The van der Waals surface area contributed by atoms with Crippen LogP contribution in [0.25, 0.3) is 5.69 Å². The van der Waals surface area contributed by atoms with Crippen molar-refractivity contribution in [2.24, 2.45) is 0 Å². The summed E-state index contributed by atoms with van der Waals surface area (Å²) in [6.45, 7) is 6.14. The van der Waals surface area contributed by atoms with Gasteiger partial charge in [-0.3, -0.25) is 0 Å². The van der Waals surface area contributed by atoms with Crippen LogP contribution in [0.15, 0.2) is 42.7 Å². The predicted octanol–water partition coefficient (Wildman–Crippen LogP) is 5.00. The molecule has 0 bridgehead atoms. The van der Waals surface area contributed by atoms with Gasteiger partial charge in [0.15, 0.2) is 5.82 Å². The molecule has 2 N–H and O–H groups in total. The molecular weight excluding hydrogens is 457 g/mol. The van der Waals surface area contributed by atoms with Gasteiger partial charge in [-0.2, -0.15) is 15.1 Å². The first kappa shape index (κ1) is 22.6. The summed E-state index contributed by atoms with van der Waals surface area (Å²) in [6, 6.07) is 8.01. The van der Waals surface area contributed by atoms with E-state index in [0.29, 0.717) is 29.7 Å². The van der Waals surface area contributed by atoms with Crippen molar-refractivity contribution in [2.75, 3.05) is 29.1 Å². The average molecular weight is 480 g/mol. The van der Waals surface area contributed by atoms with Crippen molar-refractivity contribution in [1.29, 1.82) is 0 Å². The number of aryl methyl sites for hydroxylation is 1. The second kappa shape index (κ2) is 8.26. The van der Waals surface area contributed by atoms with E-state index in [-0.39, 0.29) is 17.3 Å². The van der Waals surface area contributed by atoms with Gasteiger partial charge in [0, 0.05) is 36.3 Å². The van der Waals surface area contributed by atoms with E-state index in [1.807, 2.05) is 13.8 Å². The third kappa shape index (κ3) is 4.02. The first-order valence-electron chi connectivity index (χ1n) is 10.9. The Morgan fingerprint density at radius 2 is 1.71 bits per heavy atom. The van der Waals surface area contributed by atoms with Crippen LogP contribution in [0.3, 0.4) is 0 Å². The zero-order valence-electron chi connectivity index (χ0n) is 19.6. The Morgan fingerprint density at radius 3 is 2.37 bits per heavy atom. The molecule has 0 saturated heterocycles. The molecule has 8 nitrogen and oxygen atoms in total. The second-order valence-corrected chi connectivity index (χ2v) is 8.94. The smallest absolute Gasteiger partial charge is 0.231 e. The molecule has 0 saturated carbocycles. The third-order valence-corrected chi connectivity index (χ3v) is 5.87. The molecule has 2 aromatic carbocycles. The molecule has 4 aromatic rings. The van der Waals surface area contributed by atoms with Gasteiger partial charge in [-0.05, 0) is 37.3 Å². The van der Waals surface area contributed by atoms with E-state index in [9.17, 15) is 13.2 Å². The molecule has 1 aliphatic rings. The minimum absolute atomic E-state index is 0.196. The van der Waals surface area contributed by atoms with Crippen molar-refractivity contribution < 1.29 is 13.2 Å². The normalized spacial score (nSPS) is 14.2. The summed E-state index contributed by atoms with van der Waals surface area (Å²) in [4.78, 5) is 14.9. The van der Waals surface area contributed by atoms with Crippen molar-refractivity contribution in [2.45, 2.75) is 26.2 Å². The van der Waals surface area contributed by atoms with E-state index < -0.39 is 22.9 Å². The van der Waals surface area contributed by atoms with Crippen LogP contribution in [0.5, 0.6) is 0 Å². The minimum Gasteiger partial charge on any atom is -0.373 e. The summed E-state index contributed by atoms with van der Waals surface area (Å²) in [5.74, 6) is -0.0811. The number of hydrogen-bond donors (Lipinski definition) is 2. The third-order valence-electron chi connectivity index (χ3n) is 5.87. The molecule has 3 heterocycles. The summed E-state index contributed by atoms with van der Waals surface area (Å²) in [6.07, 6.45) is 1.44. The standard InChI is InChI=1S/C24H23F3N8/c1-13-29-12-35(33-13)19-8-6-15(10-17(19)27)30-23-31-21(28-4)20-22(32-23)34(11-24(20,2)3)18-7-5-14(25)9-16(18)26/h5-10,12H,11H2,1-4H3,(H2,28,30,31,32). The molecule has 0 unspecified atom stereocenters. The number of benzene rings is 2. The summed E-state index contributed by atoms with van der Waals surface area (Å²) < 4.78 is 44.4. The van der Waals surface area contributed by atoms with Crippen molar-refractivity contribution in [3.8, 4) is 5.69 Å². The zero-order chi connectivity index (χ0) is 24.9. The molecule has 2 aromatic heterocycles. The maximum absolute atomic E-state index is 14.8. The molecule has 11 heteroatoms. The van der Waals surface area contributed by atoms with E-state index in [1.54, 1.807) is 31.0 Å². The van der Waals surface area contributed by atoms with Gasteiger partial charge in [-0.15, -0.1) is 0 Å². The Kier molecular flexibility index (Phi) is 5.34. The maximum Gasteiger partial charge on any atom is 0.231 e. The number of halogens is 3. The van der Waals surface area contributed by atoms with Crippen molar-refractivity contribution in [1.82, 2.24) is 24.7 Å². The van der Waals surface area contributed by atoms with Crippen molar-refractivity contribution in [3.05, 3.63) is 71.6 Å². The molecule has 35 heavy (non-hydrogen) atoms. The molecule has 180 valence electrons. The van der Waals surface area contributed by atoms with Crippen LogP contribution in [0.2, 0.25) is 0 Å². The van der Waals surface area contributed by atoms with Gasteiger partial charge < -0.3 is 15.5 Å². The Bertz CT molecular complexity index is 1430. The molecule has 0 radical (unpaired) electrons. The van der Waals surface area contributed by atoms with Crippen LogP contribution in [-0.2, 0) is 5.41 Å². The van der Waals surface area contributed by atoms with E-state index in [4.69, 9.17) is 0 Å². The monoisotopic (exact) mass is 480 g/mol. The Balaban J connectivity index is 1.54. The SMILES string of the molecule is CNc1nc(Nc2ccc(-n3cnc(C)n3)c(F)c2)nc2c1C(C)(C)CN2c1ccc(F)cc1F. The van der Waals surface area contributed by atoms with Crippen LogP contribution in [0.1, 0.15) is 25.2 Å². The largest absolute Gasteiger partial charge is 0.373 e. The lowest BCUT2D eigenvalue weighted by molar-refractivity contribution is 0.557. The molecule has 0 amide bonds. The Labute approximate surface area is 199 Å². The van der Waals surface area contributed by atoms with Crippen LogP contribution < -0.4 is 15.5 Å². The maximum atomic E-state index is 14.8. The first-order chi connectivity index (χ1) is 16.7. The lowest BCUT2D eigenvalue weighted by Crippen LogP contribution is -2.26. The van der Waals surface area contributed by atoms with Crippen molar-refractivity contribution in [3.63, 3.8) is 0 Å². The molecule has 0 fully saturated rings. The first-order valence-corrected chi connectivity index (χ1v) is 10.9. The highest BCUT2D eigenvalue weighted by molar-refractivity contribution is 5.76. The summed E-state index contributed by atoms with van der Waals surface area (Å²) in [7, 11) is 1.73. The number of nitrogens with one attached hydrogen (secondary N) is 2. The van der Waals surface area contributed by atoms with Crippen LogP contribution in [0.4, 0.5) is 42.1 Å². The fourth-order valence-electron chi connectivity index (χ4n) is 4.31. The lowest BCUT2D eigenvalue weighted by Gasteiger charge is -2.22. The Morgan fingerprint density at radius 1 is 0.971 bits per heavy atom. The van der Waals surface area contributed by atoms with Gasteiger partial charge >= 0.3 is 0 Å². The highest BCUT2D eigenvalue weighted by atomic mass is 19.1. The number of anilines is 5. The van der Waals surface area contributed by atoms with Gasteiger partial charge in [0.05, 0.1) is 5.69 Å². The van der Waals surface area contributed by atoms with E-state index >= 15 is 0 Å². The van der Waals surface area contributed by atoms with Gasteiger partial charge in [0.25, 0.3) is 0 Å². The lowest BCUT2D eigenvalue weighted by atomic mass is 9.88. The molecular formula is C24H23F3N8. The zero-order valence-corrected chi connectivity index (χ0v) is 19.6. The fraction of sp³-hybridized carbons (Fsp3) is 0.250. The average Bonchev–Trinajstić information content (AvgIpc) is 3.34. The summed E-state index contributed by atoms with van der Waals surface area (Å²) in [5.41, 5.74) is 1.26. The second-order valence-electron chi connectivity index (χ2n) is 8.94. The van der Waals surface area contributed by atoms with Crippen LogP contribution in [0, 0.1) is 24.4 Å². The topological polar surface area (TPSA) is 83.8 Å².